The highest BCUT2D eigenvalue weighted by molar-refractivity contribution is 4.63. The topological polar surface area (TPSA) is 0 Å². The van der Waals surface area contributed by atoms with Crippen molar-refractivity contribution in [1.82, 2.24) is 0 Å². The molecule has 0 aromatic rings. The van der Waals surface area contributed by atoms with Crippen LogP contribution in [0.4, 0.5) is 4.39 Å². The molecule has 0 heterocycles. The predicted octanol–water partition coefficient (Wildman–Crippen LogP) is 3.42. The van der Waals surface area contributed by atoms with Gasteiger partial charge in [0.2, 0.25) is 0 Å². The number of rotatable bonds is 4. The van der Waals surface area contributed by atoms with E-state index in [-0.39, 0.29) is 5.92 Å². The number of hydrogen-bond acceptors (Lipinski definition) is 0. The van der Waals surface area contributed by atoms with Gasteiger partial charge in [-0.3, -0.25) is 0 Å². The lowest BCUT2D eigenvalue weighted by Gasteiger charge is -2.15. The first-order chi connectivity index (χ1) is 4.57. The van der Waals surface area contributed by atoms with Crippen molar-refractivity contribution in [3.8, 4) is 0 Å². The van der Waals surface area contributed by atoms with E-state index in [2.05, 4.69) is 13.8 Å². The molecule has 0 saturated carbocycles. The van der Waals surface area contributed by atoms with Gasteiger partial charge in [-0.15, -0.1) is 0 Å². The van der Waals surface area contributed by atoms with E-state index in [4.69, 9.17) is 0 Å². The van der Waals surface area contributed by atoms with Gasteiger partial charge in [0.05, 0.1) is 0 Å². The van der Waals surface area contributed by atoms with Gasteiger partial charge in [-0.05, 0) is 18.3 Å². The summed E-state index contributed by atoms with van der Waals surface area (Å²) in [5, 5.41) is 0. The SMILES string of the molecule is CCC(C)CC(F)C(C)C. The molecule has 2 unspecified atom stereocenters. The molecule has 0 nitrogen and oxygen atoms in total. The molecule has 0 radical (unpaired) electrons. The van der Waals surface area contributed by atoms with Crippen LogP contribution < -0.4 is 0 Å². The zero-order valence-corrected chi connectivity index (χ0v) is 7.52. The quantitative estimate of drug-likeness (QED) is 0.570. The van der Waals surface area contributed by atoms with Crippen LogP contribution in [0, 0.1) is 11.8 Å². The molecule has 0 saturated heterocycles. The summed E-state index contributed by atoms with van der Waals surface area (Å²) in [6.07, 6.45) is 1.22. The van der Waals surface area contributed by atoms with E-state index in [0.717, 1.165) is 12.8 Å². The molecule has 10 heavy (non-hydrogen) atoms. The third-order valence-electron chi connectivity index (χ3n) is 2.05. The molecule has 0 aliphatic rings. The van der Waals surface area contributed by atoms with E-state index in [1.54, 1.807) is 0 Å². The fourth-order valence-electron chi connectivity index (χ4n) is 0.823. The Labute approximate surface area is 63.8 Å². The van der Waals surface area contributed by atoms with Gasteiger partial charge >= 0.3 is 0 Å². The highest BCUT2D eigenvalue weighted by Gasteiger charge is 2.13. The predicted molar refractivity (Wildman–Crippen MR) is 43.8 cm³/mol. The molecule has 2 atom stereocenters. The summed E-state index contributed by atoms with van der Waals surface area (Å²) in [5.41, 5.74) is 0. The molecular formula is C9H19F. The van der Waals surface area contributed by atoms with Gasteiger partial charge in [-0.1, -0.05) is 34.1 Å². The minimum absolute atomic E-state index is 0.189. The summed E-state index contributed by atoms with van der Waals surface area (Å²) in [7, 11) is 0. The van der Waals surface area contributed by atoms with Crippen LogP contribution in [-0.2, 0) is 0 Å². The average Bonchev–Trinajstić information content (AvgIpc) is 1.87. The number of hydrogen-bond donors (Lipinski definition) is 0. The summed E-state index contributed by atoms with van der Waals surface area (Å²) in [6, 6.07) is 0. The molecule has 0 bridgehead atoms. The second kappa shape index (κ2) is 4.70. The Morgan fingerprint density at radius 3 is 2.00 bits per heavy atom. The lowest BCUT2D eigenvalue weighted by atomic mass is 9.96. The van der Waals surface area contributed by atoms with E-state index in [1.807, 2.05) is 13.8 Å². The number of alkyl halides is 1. The van der Waals surface area contributed by atoms with Gasteiger partial charge < -0.3 is 0 Å². The maximum absolute atomic E-state index is 13.0. The van der Waals surface area contributed by atoms with Crippen LogP contribution in [0.5, 0.6) is 0 Å². The molecule has 0 spiro atoms. The van der Waals surface area contributed by atoms with Crippen molar-refractivity contribution in [3.05, 3.63) is 0 Å². The molecular weight excluding hydrogens is 127 g/mol. The van der Waals surface area contributed by atoms with Gasteiger partial charge in [0.25, 0.3) is 0 Å². The Kier molecular flexibility index (Phi) is 4.67. The summed E-state index contributed by atoms with van der Waals surface area (Å²) in [4.78, 5) is 0. The van der Waals surface area contributed by atoms with E-state index in [0.29, 0.717) is 5.92 Å². The molecule has 0 aromatic heterocycles. The average molecular weight is 146 g/mol. The van der Waals surface area contributed by atoms with Gasteiger partial charge in [0.15, 0.2) is 0 Å². The fourth-order valence-corrected chi connectivity index (χ4v) is 0.823. The van der Waals surface area contributed by atoms with Crippen molar-refractivity contribution in [2.45, 2.75) is 46.7 Å². The first-order valence-electron chi connectivity index (χ1n) is 4.22. The number of halogens is 1. The molecule has 0 rings (SSSR count). The molecule has 0 amide bonds. The molecule has 62 valence electrons. The first kappa shape index (κ1) is 9.93. The van der Waals surface area contributed by atoms with Crippen molar-refractivity contribution in [2.75, 3.05) is 0 Å². The third-order valence-corrected chi connectivity index (χ3v) is 2.05. The van der Waals surface area contributed by atoms with E-state index in [1.165, 1.54) is 0 Å². The Balaban J connectivity index is 3.46. The second-order valence-electron chi connectivity index (χ2n) is 3.51. The van der Waals surface area contributed by atoms with Crippen molar-refractivity contribution in [2.24, 2.45) is 11.8 Å². The lowest BCUT2D eigenvalue weighted by Crippen LogP contribution is -2.12. The normalized spacial score (nSPS) is 17.4. The summed E-state index contributed by atoms with van der Waals surface area (Å²) < 4.78 is 13.0. The Hall–Kier alpha value is -0.0700. The minimum atomic E-state index is -0.602. The van der Waals surface area contributed by atoms with Crippen LogP contribution in [0.15, 0.2) is 0 Å². The maximum atomic E-state index is 13.0. The van der Waals surface area contributed by atoms with Gasteiger partial charge in [-0.2, -0.15) is 0 Å². The summed E-state index contributed by atoms with van der Waals surface area (Å²) in [5.74, 6) is 0.728. The van der Waals surface area contributed by atoms with Crippen molar-refractivity contribution < 1.29 is 4.39 Å². The third kappa shape index (κ3) is 3.86. The Morgan fingerprint density at radius 1 is 1.20 bits per heavy atom. The summed E-state index contributed by atoms with van der Waals surface area (Å²) >= 11 is 0. The smallest absolute Gasteiger partial charge is 0.103 e. The van der Waals surface area contributed by atoms with Crippen LogP contribution in [0.1, 0.15) is 40.5 Å². The minimum Gasteiger partial charge on any atom is -0.247 e. The molecule has 1 heteroatoms. The van der Waals surface area contributed by atoms with Crippen molar-refractivity contribution in [3.63, 3.8) is 0 Å². The van der Waals surface area contributed by atoms with Crippen LogP contribution in [-0.4, -0.2) is 6.17 Å². The highest BCUT2D eigenvalue weighted by atomic mass is 19.1. The maximum Gasteiger partial charge on any atom is 0.103 e. The molecule has 0 aromatic carbocycles. The van der Waals surface area contributed by atoms with Crippen LogP contribution >= 0.6 is 0 Å². The monoisotopic (exact) mass is 146 g/mol. The molecule has 0 fully saturated rings. The van der Waals surface area contributed by atoms with Gasteiger partial charge in [-0.25, -0.2) is 4.39 Å². The van der Waals surface area contributed by atoms with Crippen molar-refractivity contribution >= 4 is 0 Å². The lowest BCUT2D eigenvalue weighted by molar-refractivity contribution is 0.210. The standard InChI is InChI=1S/C9H19F/c1-5-8(4)6-9(10)7(2)3/h7-9H,5-6H2,1-4H3. The first-order valence-corrected chi connectivity index (χ1v) is 4.22. The van der Waals surface area contributed by atoms with E-state index >= 15 is 0 Å². The van der Waals surface area contributed by atoms with Crippen molar-refractivity contribution in [1.29, 1.82) is 0 Å². The zero-order chi connectivity index (χ0) is 8.15. The van der Waals surface area contributed by atoms with Crippen LogP contribution in [0.2, 0.25) is 0 Å². The largest absolute Gasteiger partial charge is 0.247 e. The Morgan fingerprint density at radius 2 is 1.70 bits per heavy atom. The molecule has 0 aliphatic heterocycles. The Bertz CT molecular complexity index is 78.8. The summed E-state index contributed by atoms with van der Waals surface area (Å²) in [6.45, 7) is 8.09. The zero-order valence-electron chi connectivity index (χ0n) is 7.52. The van der Waals surface area contributed by atoms with Gasteiger partial charge in [0.1, 0.15) is 6.17 Å². The van der Waals surface area contributed by atoms with E-state index in [9.17, 15) is 4.39 Å². The highest BCUT2D eigenvalue weighted by Crippen LogP contribution is 2.17. The van der Waals surface area contributed by atoms with E-state index < -0.39 is 6.17 Å². The van der Waals surface area contributed by atoms with Gasteiger partial charge in [0, 0.05) is 0 Å². The molecule has 0 aliphatic carbocycles. The molecule has 0 N–H and O–H groups in total. The fraction of sp³-hybridized carbons (Fsp3) is 1.00. The van der Waals surface area contributed by atoms with Crippen LogP contribution in [0.3, 0.4) is 0 Å². The van der Waals surface area contributed by atoms with Crippen LogP contribution in [0.25, 0.3) is 0 Å². The second-order valence-corrected chi connectivity index (χ2v) is 3.51.